The lowest BCUT2D eigenvalue weighted by Gasteiger charge is -2.15. The Balaban J connectivity index is 2.45. The van der Waals surface area contributed by atoms with Gasteiger partial charge in [0.05, 0.1) is 6.61 Å². The molecule has 0 aromatic carbocycles. The number of carbonyl (C=O) groups is 3. The highest BCUT2D eigenvalue weighted by atomic mass is 16.6. The molecule has 0 radical (unpaired) electrons. The van der Waals surface area contributed by atoms with Crippen molar-refractivity contribution in [2.45, 2.75) is 32.7 Å². The van der Waals surface area contributed by atoms with Gasteiger partial charge >= 0.3 is 6.03 Å². The molecular formula is C10H17N3O4. The van der Waals surface area contributed by atoms with E-state index in [9.17, 15) is 14.4 Å². The summed E-state index contributed by atoms with van der Waals surface area (Å²) in [5.41, 5.74) is 1.30. The number of nitrogens with one attached hydrogen (secondary N) is 2. The summed E-state index contributed by atoms with van der Waals surface area (Å²) in [5, 5.41) is 2.53. The molecule has 7 heteroatoms. The molecule has 2 N–H and O–H groups in total. The molecule has 0 aliphatic carbocycles. The number of urea groups is 1. The van der Waals surface area contributed by atoms with Crippen molar-refractivity contribution in [1.29, 1.82) is 0 Å². The lowest BCUT2D eigenvalue weighted by molar-refractivity contribution is -0.134. The fourth-order valence-electron chi connectivity index (χ4n) is 1.44. The van der Waals surface area contributed by atoms with Crippen molar-refractivity contribution in [1.82, 2.24) is 15.7 Å². The first-order chi connectivity index (χ1) is 7.88. The minimum absolute atomic E-state index is 0.0231. The van der Waals surface area contributed by atoms with Crippen LogP contribution in [0.25, 0.3) is 0 Å². The van der Waals surface area contributed by atoms with Crippen LogP contribution in [0.15, 0.2) is 0 Å². The molecule has 7 nitrogen and oxygen atoms in total. The number of amides is 4. The quantitative estimate of drug-likeness (QED) is 0.516. The van der Waals surface area contributed by atoms with E-state index in [4.69, 9.17) is 4.84 Å². The molecule has 0 spiro atoms. The van der Waals surface area contributed by atoms with E-state index in [0.717, 1.165) is 4.90 Å². The first-order valence-electron chi connectivity index (χ1n) is 5.43. The highest BCUT2D eigenvalue weighted by molar-refractivity contribution is 6.06. The molecule has 0 bridgehead atoms. The van der Waals surface area contributed by atoms with Gasteiger partial charge in [0.15, 0.2) is 0 Å². The normalized spacial score (nSPS) is 18.2. The molecule has 1 aliphatic heterocycles. The Morgan fingerprint density at radius 2 is 2.12 bits per heavy atom. The SMILES string of the molecule is CCONC(=O)CCN1C(=O)NC(C)(C)C1=O. The fourth-order valence-corrected chi connectivity index (χ4v) is 1.44. The summed E-state index contributed by atoms with van der Waals surface area (Å²) in [6.45, 7) is 5.39. The van der Waals surface area contributed by atoms with E-state index < -0.39 is 11.6 Å². The fraction of sp³-hybridized carbons (Fsp3) is 0.700. The van der Waals surface area contributed by atoms with Gasteiger partial charge in [-0.3, -0.25) is 19.3 Å². The maximum atomic E-state index is 11.7. The number of hydrogen-bond donors (Lipinski definition) is 2. The van der Waals surface area contributed by atoms with E-state index in [1.807, 2.05) is 0 Å². The average Bonchev–Trinajstić information content (AvgIpc) is 2.43. The molecule has 1 fully saturated rings. The molecule has 1 aliphatic rings. The summed E-state index contributed by atoms with van der Waals surface area (Å²) in [4.78, 5) is 40.2. The molecule has 96 valence electrons. The Hall–Kier alpha value is -1.63. The largest absolute Gasteiger partial charge is 0.325 e. The lowest BCUT2D eigenvalue weighted by Crippen LogP contribution is -2.40. The van der Waals surface area contributed by atoms with Crippen molar-refractivity contribution in [3.8, 4) is 0 Å². The minimum Gasteiger partial charge on any atom is -0.324 e. The van der Waals surface area contributed by atoms with Crippen molar-refractivity contribution < 1.29 is 19.2 Å². The lowest BCUT2D eigenvalue weighted by atomic mass is 10.1. The maximum Gasteiger partial charge on any atom is 0.325 e. The van der Waals surface area contributed by atoms with E-state index in [1.54, 1.807) is 20.8 Å². The van der Waals surface area contributed by atoms with Crippen LogP contribution in [-0.2, 0) is 14.4 Å². The molecule has 1 saturated heterocycles. The van der Waals surface area contributed by atoms with Gasteiger partial charge in [-0.05, 0) is 20.8 Å². The standard InChI is InChI=1S/C10H17N3O4/c1-4-17-12-7(14)5-6-13-8(15)10(2,3)11-9(13)16/h4-6H2,1-3H3,(H,11,16)(H,12,14). The first-order valence-corrected chi connectivity index (χ1v) is 5.43. The van der Waals surface area contributed by atoms with Gasteiger partial charge in [-0.15, -0.1) is 0 Å². The Kier molecular flexibility index (Phi) is 4.06. The highest BCUT2D eigenvalue weighted by Gasteiger charge is 2.43. The van der Waals surface area contributed by atoms with Crippen molar-refractivity contribution >= 4 is 17.8 Å². The first kappa shape index (κ1) is 13.4. The van der Waals surface area contributed by atoms with Crippen LogP contribution >= 0.6 is 0 Å². The van der Waals surface area contributed by atoms with Crippen molar-refractivity contribution in [2.24, 2.45) is 0 Å². The second-order valence-corrected chi connectivity index (χ2v) is 4.22. The number of hydroxylamine groups is 1. The summed E-state index contributed by atoms with van der Waals surface area (Å²) in [7, 11) is 0. The van der Waals surface area contributed by atoms with Crippen LogP contribution in [0.5, 0.6) is 0 Å². The van der Waals surface area contributed by atoms with Crippen LogP contribution in [0.1, 0.15) is 27.2 Å². The van der Waals surface area contributed by atoms with Gasteiger partial charge in [-0.25, -0.2) is 10.3 Å². The summed E-state index contributed by atoms with van der Waals surface area (Å²) in [6, 6.07) is -0.468. The van der Waals surface area contributed by atoms with Crippen molar-refractivity contribution in [3.05, 3.63) is 0 Å². The van der Waals surface area contributed by atoms with Crippen LogP contribution in [0.2, 0.25) is 0 Å². The summed E-state index contributed by atoms with van der Waals surface area (Å²) in [5.74, 6) is -0.691. The van der Waals surface area contributed by atoms with E-state index in [-0.39, 0.29) is 24.8 Å². The van der Waals surface area contributed by atoms with E-state index in [0.29, 0.717) is 6.61 Å². The van der Waals surface area contributed by atoms with Gasteiger partial charge in [0, 0.05) is 13.0 Å². The molecule has 0 saturated carbocycles. The second kappa shape index (κ2) is 5.13. The second-order valence-electron chi connectivity index (χ2n) is 4.22. The van der Waals surface area contributed by atoms with Crippen LogP contribution in [0.3, 0.4) is 0 Å². The molecule has 0 aromatic heterocycles. The number of carbonyl (C=O) groups excluding carboxylic acids is 3. The maximum absolute atomic E-state index is 11.7. The zero-order valence-electron chi connectivity index (χ0n) is 10.2. The van der Waals surface area contributed by atoms with Gasteiger partial charge in [-0.1, -0.05) is 0 Å². The summed E-state index contributed by atoms with van der Waals surface area (Å²) < 4.78 is 0. The molecule has 1 heterocycles. The molecule has 17 heavy (non-hydrogen) atoms. The van der Waals surface area contributed by atoms with E-state index in [2.05, 4.69) is 10.8 Å². The van der Waals surface area contributed by atoms with Gasteiger partial charge < -0.3 is 5.32 Å². The Morgan fingerprint density at radius 3 is 2.59 bits per heavy atom. The van der Waals surface area contributed by atoms with Gasteiger partial charge in [0.2, 0.25) is 5.91 Å². The zero-order valence-corrected chi connectivity index (χ0v) is 10.2. The van der Waals surface area contributed by atoms with Crippen LogP contribution in [0, 0.1) is 0 Å². The van der Waals surface area contributed by atoms with Gasteiger partial charge in [0.25, 0.3) is 5.91 Å². The number of imide groups is 1. The molecule has 1 rings (SSSR count). The average molecular weight is 243 g/mol. The summed E-state index contributed by atoms with van der Waals surface area (Å²) in [6.07, 6.45) is 0.0231. The van der Waals surface area contributed by atoms with Crippen molar-refractivity contribution in [3.63, 3.8) is 0 Å². The zero-order chi connectivity index (χ0) is 13.1. The van der Waals surface area contributed by atoms with E-state index in [1.165, 1.54) is 0 Å². The topological polar surface area (TPSA) is 87.7 Å². The summed E-state index contributed by atoms with van der Waals surface area (Å²) >= 11 is 0. The van der Waals surface area contributed by atoms with Crippen LogP contribution in [-0.4, -0.2) is 41.4 Å². The minimum atomic E-state index is -0.895. The third kappa shape index (κ3) is 3.16. The number of rotatable bonds is 5. The van der Waals surface area contributed by atoms with Crippen molar-refractivity contribution in [2.75, 3.05) is 13.2 Å². The Labute approximate surface area is 99.4 Å². The Morgan fingerprint density at radius 1 is 1.47 bits per heavy atom. The molecular weight excluding hydrogens is 226 g/mol. The predicted molar refractivity (Wildman–Crippen MR) is 58.7 cm³/mol. The van der Waals surface area contributed by atoms with Gasteiger partial charge in [-0.2, -0.15) is 0 Å². The number of hydrogen-bond acceptors (Lipinski definition) is 4. The van der Waals surface area contributed by atoms with Crippen LogP contribution < -0.4 is 10.8 Å². The smallest absolute Gasteiger partial charge is 0.324 e. The molecule has 4 amide bonds. The highest BCUT2D eigenvalue weighted by Crippen LogP contribution is 2.16. The predicted octanol–water partition coefficient (Wildman–Crippen LogP) is -0.225. The molecule has 0 atom stereocenters. The van der Waals surface area contributed by atoms with Crippen LogP contribution in [0.4, 0.5) is 4.79 Å². The third-order valence-electron chi connectivity index (χ3n) is 2.34. The van der Waals surface area contributed by atoms with E-state index >= 15 is 0 Å². The number of nitrogens with zero attached hydrogens (tertiary/aromatic N) is 1. The molecule has 0 unspecified atom stereocenters. The Bertz CT molecular complexity index is 340. The van der Waals surface area contributed by atoms with Gasteiger partial charge in [0.1, 0.15) is 5.54 Å². The monoisotopic (exact) mass is 243 g/mol. The third-order valence-corrected chi connectivity index (χ3v) is 2.34. The molecule has 0 aromatic rings.